The Labute approximate surface area is 181 Å². The molecule has 1 saturated heterocycles. The molecule has 0 bridgehead atoms. The molecule has 1 fully saturated rings. The minimum atomic E-state index is -0.534. The second kappa shape index (κ2) is 7.63. The highest BCUT2D eigenvalue weighted by Gasteiger charge is 2.52. The smallest absolute Gasteiger partial charge is 0.495 e. The van der Waals surface area contributed by atoms with Crippen LogP contribution in [0.15, 0.2) is 41.4 Å². The number of hydrogen-bond donors (Lipinski definition) is 1. The fourth-order valence-corrected chi connectivity index (χ4v) is 4.51. The van der Waals surface area contributed by atoms with Crippen LogP contribution >= 0.6 is 11.8 Å². The van der Waals surface area contributed by atoms with Crippen LogP contribution < -0.4 is 10.2 Å². The average molecular weight is 427 g/mol. The summed E-state index contributed by atoms with van der Waals surface area (Å²) in [4.78, 5) is 3.24. The molecule has 0 aliphatic carbocycles. The molecule has 1 N–H and O–H groups in total. The summed E-state index contributed by atoms with van der Waals surface area (Å²) in [5, 5.41) is 1.71. The number of fused-ring (bicyclic) bond motifs is 1. The maximum Gasteiger partial charge on any atom is 0.495 e. The Morgan fingerprint density at radius 1 is 1.07 bits per heavy atom. The monoisotopic (exact) mass is 427 g/mol. The normalized spacial score (nSPS) is 17.6. The number of aryl methyl sites for hydroxylation is 1. The summed E-state index contributed by atoms with van der Waals surface area (Å²) in [6.45, 7) is 10.00. The number of methoxy groups -OCH3 is 1. The molecular weight excluding hydrogens is 400 g/mol. The molecule has 3 aromatic rings. The number of ether oxygens (including phenoxy) is 1. The number of H-pyrrole nitrogens is 1. The zero-order chi connectivity index (χ0) is 21.7. The van der Waals surface area contributed by atoms with Gasteiger partial charge in [0.2, 0.25) is 0 Å². The van der Waals surface area contributed by atoms with Crippen molar-refractivity contribution in [2.24, 2.45) is 0 Å². The maximum absolute atomic E-state index is 14.7. The van der Waals surface area contributed by atoms with E-state index in [0.29, 0.717) is 5.52 Å². The molecule has 4 nitrogen and oxygen atoms in total. The Hall–Kier alpha value is -1.96. The van der Waals surface area contributed by atoms with Gasteiger partial charge >= 0.3 is 7.12 Å². The van der Waals surface area contributed by atoms with Crippen molar-refractivity contribution in [3.05, 3.63) is 53.3 Å². The van der Waals surface area contributed by atoms with Crippen molar-refractivity contribution in [3.63, 3.8) is 0 Å². The van der Waals surface area contributed by atoms with E-state index < -0.39 is 18.3 Å². The number of hydrogen-bond acceptors (Lipinski definition) is 4. The van der Waals surface area contributed by atoms with E-state index in [2.05, 4.69) is 4.98 Å². The van der Waals surface area contributed by atoms with E-state index in [1.165, 1.54) is 5.56 Å². The minimum absolute atomic E-state index is 0.265. The first-order valence-electron chi connectivity index (χ1n) is 10.0. The quantitative estimate of drug-likeness (QED) is 0.448. The van der Waals surface area contributed by atoms with E-state index in [0.717, 1.165) is 32.9 Å². The van der Waals surface area contributed by atoms with E-state index in [9.17, 15) is 4.39 Å². The van der Waals surface area contributed by atoms with Crippen molar-refractivity contribution in [1.29, 1.82) is 0 Å². The highest BCUT2D eigenvalue weighted by atomic mass is 32.2. The number of aromatic nitrogens is 1. The molecule has 158 valence electrons. The molecule has 4 rings (SSSR count). The number of benzene rings is 2. The first-order valence-corrected chi connectivity index (χ1v) is 11.0. The van der Waals surface area contributed by atoms with Crippen LogP contribution in [-0.4, -0.2) is 30.4 Å². The van der Waals surface area contributed by atoms with Crippen molar-refractivity contribution >= 4 is 35.2 Å². The van der Waals surface area contributed by atoms with Gasteiger partial charge in [0, 0.05) is 11.1 Å². The lowest BCUT2D eigenvalue weighted by Gasteiger charge is -2.32. The molecular formula is C23H27BFNO3S. The van der Waals surface area contributed by atoms with Gasteiger partial charge in [-0.3, -0.25) is 0 Å². The third-order valence-corrected chi connectivity index (χ3v) is 7.14. The number of nitrogens with one attached hydrogen (secondary N) is 1. The number of thioether (sulfide) groups is 1. The van der Waals surface area contributed by atoms with E-state index in [-0.39, 0.29) is 5.82 Å². The van der Waals surface area contributed by atoms with Crippen molar-refractivity contribution in [2.75, 3.05) is 7.11 Å². The molecule has 30 heavy (non-hydrogen) atoms. The van der Waals surface area contributed by atoms with E-state index in [1.807, 2.05) is 65.0 Å². The summed E-state index contributed by atoms with van der Waals surface area (Å²) >= 11 is 1.63. The van der Waals surface area contributed by atoms with Crippen LogP contribution in [0.1, 0.15) is 38.8 Å². The molecule has 1 aliphatic heterocycles. The van der Waals surface area contributed by atoms with Gasteiger partial charge in [0.25, 0.3) is 0 Å². The van der Waals surface area contributed by atoms with Gasteiger partial charge in [-0.2, -0.15) is 0 Å². The standard InChI is InChI=1S/C23H27BFNO3S/c1-14-11-18(25)21-17(20(14)24-28-22(2,3)23(4,5)29-24)12-19(26-21)30-13-15-7-9-16(27-6)10-8-15/h7-12,26H,13H2,1-6H3. The van der Waals surface area contributed by atoms with E-state index in [1.54, 1.807) is 24.9 Å². The Bertz CT molecular complexity index is 1060. The van der Waals surface area contributed by atoms with Gasteiger partial charge < -0.3 is 19.0 Å². The number of rotatable bonds is 5. The lowest BCUT2D eigenvalue weighted by Crippen LogP contribution is -2.41. The predicted molar refractivity (Wildman–Crippen MR) is 121 cm³/mol. The van der Waals surface area contributed by atoms with Crippen molar-refractivity contribution in [2.45, 2.75) is 56.6 Å². The topological polar surface area (TPSA) is 43.5 Å². The Morgan fingerprint density at radius 3 is 2.30 bits per heavy atom. The van der Waals surface area contributed by atoms with Crippen LogP contribution in [0, 0.1) is 12.7 Å². The lowest BCUT2D eigenvalue weighted by atomic mass is 9.74. The molecule has 1 aromatic heterocycles. The second-order valence-corrected chi connectivity index (χ2v) is 9.75. The van der Waals surface area contributed by atoms with Crippen molar-refractivity contribution in [1.82, 2.24) is 4.98 Å². The van der Waals surface area contributed by atoms with Gasteiger partial charge in [0.1, 0.15) is 11.6 Å². The van der Waals surface area contributed by atoms with Crippen molar-refractivity contribution < 1.29 is 18.4 Å². The number of halogens is 1. The lowest BCUT2D eigenvalue weighted by molar-refractivity contribution is 0.00578. The summed E-state index contributed by atoms with van der Waals surface area (Å²) in [5.41, 5.74) is 2.46. The van der Waals surface area contributed by atoms with Crippen LogP contribution in [0.4, 0.5) is 4.39 Å². The molecule has 1 aliphatic rings. The Balaban J connectivity index is 1.65. The minimum Gasteiger partial charge on any atom is -0.497 e. The zero-order valence-electron chi connectivity index (χ0n) is 18.3. The van der Waals surface area contributed by atoms with Gasteiger partial charge in [0.15, 0.2) is 0 Å². The van der Waals surface area contributed by atoms with E-state index in [4.69, 9.17) is 14.0 Å². The van der Waals surface area contributed by atoms with Crippen LogP contribution in [0.5, 0.6) is 5.75 Å². The molecule has 0 radical (unpaired) electrons. The summed E-state index contributed by atoms with van der Waals surface area (Å²) in [6.07, 6.45) is 0. The van der Waals surface area contributed by atoms with Crippen LogP contribution in [0.3, 0.4) is 0 Å². The molecule has 0 atom stereocenters. The van der Waals surface area contributed by atoms with Gasteiger partial charge in [0.05, 0.1) is 28.9 Å². The summed E-state index contributed by atoms with van der Waals surface area (Å²) in [6, 6.07) is 11.5. The van der Waals surface area contributed by atoms with Gasteiger partial charge in [-0.05, 0) is 75.5 Å². The molecule has 0 amide bonds. The van der Waals surface area contributed by atoms with Gasteiger partial charge in [-0.25, -0.2) is 4.39 Å². The first kappa shape index (κ1) is 21.3. The number of aromatic amines is 1. The molecule has 7 heteroatoms. The first-order chi connectivity index (χ1) is 14.1. The average Bonchev–Trinajstić information content (AvgIpc) is 3.18. The fourth-order valence-electron chi connectivity index (χ4n) is 3.62. The molecule has 2 heterocycles. The molecule has 0 unspecified atom stereocenters. The zero-order valence-corrected chi connectivity index (χ0v) is 19.1. The Morgan fingerprint density at radius 2 is 1.70 bits per heavy atom. The third-order valence-electron chi connectivity index (χ3n) is 6.13. The van der Waals surface area contributed by atoms with Gasteiger partial charge in [-0.15, -0.1) is 11.8 Å². The van der Waals surface area contributed by atoms with Crippen LogP contribution in [0.2, 0.25) is 0 Å². The molecule has 0 spiro atoms. The highest BCUT2D eigenvalue weighted by molar-refractivity contribution is 7.98. The molecule has 2 aromatic carbocycles. The summed E-state index contributed by atoms with van der Waals surface area (Å²) < 4.78 is 32.5. The third kappa shape index (κ3) is 3.75. The second-order valence-electron chi connectivity index (χ2n) is 8.74. The van der Waals surface area contributed by atoms with Crippen LogP contribution in [0.25, 0.3) is 10.9 Å². The highest BCUT2D eigenvalue weighted by Crippen LogP contribution is 2.38. The fraction of sp³-hybridized carbons (Fsp3) is 0.391. The Kier molecular flexibility index (Phi) is 5.41. The molecule has 0 saturated carbocycles. The summed E-state index contributed by atoms with van der Waals surface area (Å²) in [5.74, 6) is 1.33. The summed E-state index contributed by atoms with van der Waals surface area (Å²) in [7, 11) is 1.12. The van der Waals surface area contributed by atoms with Crippen LogP contribution in [-0.2, 0) is 15.1 Å². The largest absolute Gasteiger partial charge is 0.497 e. The SMILES string of the molecule is COc1ccc(CSc2cc3c(B4OC(C)(C)C(C)(C)O4)c(C)cc(F)c3[nH]2)cc1. The van der Waals surface area contributed by atoms with Gasteiger partial charge in [-0.1, -0.05) is 12.1 Å². The van der Waals surface area contributed by atoms with Crippen molar-refractivity contribution in [3.8, 4) is 5.75 Å². The predicted octanol–water partition coefficient (Wildman–Crippen LogP) is 5.22. The van der Waals surface area contributed by atoms with E-state index >= 15 is 0 Å². The maximum atomic E-state index is 14.7.